The summed E-state index contributed by atoms with van der Waals surface area (Å²) in [5.74, 6) is 1.82. The first-order valence-electron chi connectivity index (χ1n) is 8.29. The summed E-state index contributed by atoms with van der Waals surface area (Å²) < 4.78 is 1.86. The van der Waals surface area contributed by atoms with Gasteiger partial charge < -0.3 is 0 Å². The number of nitrogens with zero attached hydrogens (tertiary/aromatic N) is 1. The number of rotatable bonds is 6. The molecule has 0 saturated heterocycles. The molecule has 0 spiro atoms. The van der Waals surface area contributed by atoms with Crippen LogP contribution >= 0.6 is 0 Å². The molecule has 20 heavy (non-hydrogen) atoms. The Labute approximate surface area is 122 Å². The third-order valence-corrected chi connectivity index (χ3v) is 4.76. The molecule has 1 aromatic heterocycles. The number of hydrogen-bond donors (Lipinski definition) is 1. The Morgan fingerprint density at radius 3 is 2.35 bits per heavy atom. The molecule has 0 amide bonds. The van der Waals surface area contributed by atoms with Crippen molar-refractivity contribution in [3.63, 3.8) is 0 Å². The molecule has 0 bridgehead atoms. The third-order valence-electron chi connectivity index (χ3n) is 4.76. The molecule has 114 valence electrons. The number of aromatic nitrogens is 2. The Hall–Kier alpha value is -0.990. The van der Waals surface area contributed by atoms with E-state index in [-0.39, 0.29) is 11.6 Å². The zero-order valence-corrected chi connectivity index (χ0v) is 13.5. The van der Waals surface area contributed by atoms with Gasteiger partial charge in [-0.3, -0.25) is 9.89 Å². The average Bonchev–Trinajstić information content (AvgIpc) is 2.96. The lowest BCUT2D eigenvalue weighted by Crippen LogP contribution is -2.29. The lowest BCUT2D eigenvalue weighted by atomic mass is 9.93. The van der Waals surface area contributed by atoms with Crippen molar-refractivity contribution in [2.45, 2.75) is 72.3 Å². The lowest BCUT2D eigenvalue weighted by Gasteiger charge is -2.25. The number of aryl methyl sites for hydroxylation is 1. The van der Waals surface area contributed by atoms with Crippen molar-refractivity contribution in [2.75, 3.05) is 0 Å². The van der Waals surface area contributed by atoms with Gasteiger partial charge >= 0.3 is 0 Å². The second-order valence-corrected chi connectivity index (χ2v) is 7.16. The van der Waals surface area contributed by atoms with Crippen LogP contribution in [-0.4, -0.2) is 9.78 Å². The molecular weight excluding hydrogens is 248 g/mol. The van der Waals surface area contributed by atoms with Crippen molar-refractivity contribution in [1.29, 1.82) is 0 Å². The molecule has 1 fully saturated rings. The van der Waals surface area contributed by atoms with E-state index in [0.717, 1.165) is 18.0 Å². The first-order chi connectivity index (χ1) is 9.49. The van der Waals surface area contributed by atoms with Crippen LogP contribution in [0.2, 0.25) is 0 Å². The number of nitrogens with one attached hydrogen (secondary N) is 1. The summed E-state index contributed by atoms with van der Waals surface area (Å²) in [7, 11) is 0. The van der Waals surface area contributed by atoms with Gasteiger partial charge in [-0.25, -0.2) is 4.68 Å². The van der Waals surface area contributed by atoms with Crippen molar-refractivity contribution in [1.82, 2.24) is 9.78 Å². The van der Waals surface area contributed by atoms with E-state index in [1.807, 2.05) is 10.7 Å². The highest BCUT2D eigenvalue weighted by molar-refractivity contribution is 5.01. The van der Waals surface area contributed by atoms with Crippen LogP contribution in [0.5, 0.6) is 0 Å². The predicted molar refractivity (Wildman–Crippen MR) is 84.0 cm³/mol. The van der Waals surface area contributed by atoms with Gasteiger partial charge in [-0.1, -0.05) is 53.4 Å². The minimum atomic E-state index is 0.138. The maximum absolute atomic E-state index is 12.2. The van der Waals surface area contributed by atoms with E-state index in [9.17, 15) is 4.79 Å². The molecule has 3 heteroatoms. The van der Waals surface area contributed by atoms with Gasteiger partial charge in [-0.15, -0.1) is 0 Å². The van der Waals surface area contributed by atoms with Crippen LogP contribution in [0.15, 0.2) is 10.9 Å². The minimum Gasteiger partial charge on any atom is -0.299 e. The minimum absolute atomic E-state index is 0.138. The zero-order chi connectivity index (χ0) is 14.7. The summed E-state index contributed by atoms with van der Waals surface area (Å²) in [4.78, 5) is 12.2. The van der Waals surface area contributed by atoms with Crippen LogP contribution in [0.1, 0.15) is 71.5 Å². The second-order valence-electron chi connectivity index (χ2n) is 7.16. The summed E-state index contributed by atoms with van der Waals surface area (Å²) in [6, 6.07) is 2.08. The SMILES string of the molecule is CC(C)C(C(C)C)n1[nH]c(CCC2CCCC2)cc1=O. The molecule has 0 unspecified atom stereocenters. The molecule has 1 N–H and O–H groups in total. The molecule has 2 rings (SSSR count). The van der Waals surface area contributed by atoms with Crippen LogP contribution < -0.4 is 5.56 Å². The van der Waals surface area contributed by atoms with E-state index in [0.29, 0.717) is 11.8 Å². The summed E-state index contributed by atoms with van der Waals surface area (Å²) in [6.07, 6.45) is 7.80. The lowest BCUT2D eigenvalue weighted by molar-refractivity contribution is 0.258. The smallest absolute Gasteiger partial charge is 0.266 e. The second kappa shape index (κ2) is 6.64. The summed E-state index contributed by atoms with van der Waals surface area (Å²) in [5.41, 5.74) is 1.26. The molecule has 0 aliphatic heterocycles. The quantitative estimate of drug-likeness (QED) is 0.834. The van der Waals surface area contributed by atoms with Crippen LogP contribution in [0, 0.1) is 17.8 Å². The van der Waals surface area contributed by atoms with E-state index in [2.05, 4.69) is 32.8 Å². The largest absolute Gasteiger partial charge is 0.299 e. The number of hydrogen-bond acceptors (Lipinski definition) is 1. The molecule has 1 aliphatic carbocycles. The Balaban J connectivity index is 2.06. The van der Waals surface area contributed by atoms with Gasteiger partial charge in [0.05, 0.1) is 6.04 Å². The van der Waals surface area contributed by atoms with E-state index in [4.69, 9.17) is 0 Å². The summed E-state index contributed by atoms with van der Waals surface area (Å²) in [6.45, 7) is 8.76. The van der Waals surface area contributed by atoms with Crippen molar-refractivity contribution < 1.29 is 0 Å². The van der Waals surface area contributed by atoms with Gasteiger partial charge in [-0.05, 0) is 30.6 Å². The molecule has 0 atom stereocenters. The number of H-pyrrole nitrogens is 1. The first kappa shape index (κ1) is 15.4. The Morgan fingerprint density at radius 2 is 1.80 bits per heavy atom. The van der Waals surface area contributed by atoms with Crippen molar-refractivity contribution >= 4 is 0 Å². The molecular formula is C17H30N2O. The third kappa shape index (κ3) is 3.56. The van der Waals surface area contributed by atoms with E-state index in [1.54, 1.807) is 0 Å². The predicted octanol–water partition coefficient (Wildman–Crippen LogP) is 4.15. The van der Waals surface area contributed by atoms with Gasteiger partial charge in [0, 0.05) is 11.8 Å². The number of aromatic amines is 1. The van der Waals surface area contributed by atoms with Gasteiger partial charge in [0.1, 0.15) is 0 Å². The van der Waals surface area contributed by atoms with Crippen LogP contribution in [0.25, 0.3) is 0 Å². The Morgan fingerprint density at radius 1 is 1.20 bits per heavy atom. The maximum Gasteiger partial charge on any atom is 0.266 e. The topological polar surface area (TPSA) is 37.8 Å². The van der Waals surface area contributed by atoms with Crippen molar-refractivity contribution in [2.24, 2.45) is 17.8 Å². The van der Waals surface area contributed by atoms with Gasteiger partial charge in [0.15, 0.2) is 0 Å². The fraction of sp³-hybridized carbons (Fsp3) is 0.824. The van der Waals surface area contributed by atoms with E-state index in [1.165, 1.54) is 32.1 Å². The Kier molecular flexibility index (Phi) is 5.11. The van der Waals surface area contributed by atoms with E-state index < -0.39 is 0 Å². The normalized spacial score (nSPS) is 16.9. The standard InChI is InChI=1S/C17H30N2O/c1-12(2)17(13(3)4)19-16(20)11-15(18-19)10-9-14-7-5-6-8-14/h11-14,17-18H,5-10H2,1-4H3. The van der Waals surface area contributed by atoms with Crippen LogP contribution in [-0.2, 0) is 6.42 Å². The van der Waals surface area contributed by atoms with E-state index >= 15 is 0 Å². The molecule has 0 aromatic carbocycles. The average molecular weight is 278 g/mol. The first-order valence-corrected chi connectivity index (χ1v) is 8.29. The molecule has 1 aliphatic rings. The summed E-state index contributed by atoms with van der Waals surface area (Å²) >= 11 is 0. The maximum atomic E-state index is 12.2. The highest BCUT2D eigenvalue weighted by Gasteiger charge is 2.22. The van der Waals surface area contributed by atoms with Gasteiger partial charge in [0.2, 0.25) is 0 Å². The van der Waals surface area contributed by atoms with Crippen LogP contribution in [0.3, 0.4) is 0 Å². The fourth-order valence-electron chi connectivity index (χ4n) is 3.83. The van der Waals surface area contributed by atoms with Gasteiger partial charge in [0.25, 0.3) is 5.56 Å². The molecule has 0 radical (unpaired) electrons. The molecule has 1 aromatic rings. The fourth-order valence-corrected chi connectivity index (χ4v) is 3.83. The van der Waals surface area contributed by atoms with Crippen molar-refractivity contribution in [3.05, 3.63) is 22.1 Å². The van der Waals surface area contributed by atoms with Crippen LogP contribution in [0.4, 0.5) is 0 Å². The van der Waals surface area contributed by atoms with Crippen molar-refractivity contribution in [3.8, 4) is 0 Å². The molecule has 1 heterocycles. The monoisotopic (exact) mass is 278 g/mol. The molecule has 3 nitrogen and oxygen atoms in total. The zero-order valence-electron chi connectivity index (χ0n) is 13.5. The van der Waals surface area contributed by atoms with Gasteiger partial charge in [-0.2, -0.15) is 0 Å². The Bertz CT molecular complexity index is 456. The highest BCUT2D eigenvalue weighted by atomic mass is 16.1. The molecule has 1 saturated carbocycles. The summed E-state index contributed by atoms with van der Waals surface area (Å²) in [5, 5.41) is 3.37. The highest BCUT2D eigenvalue weighted by Crippen LogP contribution is 2.29.